The molecule has 4 nitrogen and oxygen atoms in total. The highest BCUT2D eigenvalue weighted by molar-refractivity contribution is 6.13. The first-order valence-electron chi connectivity index (χ1n) is 7.99. The zero-order valence-electron chi connectivity index (χ0n) is 14.2. The summed E-state index contributed by atoms with van der Waals surface area (Å²) < 4.78 is 0. The summed E-state index contributed by atoms with van der Waals surface area (Å²) in [6.45, 7) is 3.46. The Balaban J connectivity index is 2.95. The maximum Gasteiger partial charge on any atom is 0.337 e. The highest BCUT2D eigenvalue weighted by Crippen LogP contribution is 2.32. The number of allylic oxidation sites excluding steroid dienone is 1. The Morgan fingerprint density at radius 2 is 1.16 bits per heavy atom. The van der Waals surface area contributed by atoms with Crippen molar-refractivity contribution in [3.8, 4) is 0 Å². The topological polar surface area (TPSA) is 74.6 Å². The van der Waals surface area contributed by atoms with Crippen molar-refractivity contribution in [2.24, 2.45) is 0 Å². The summed E-state index contributed by atoms with van der Waals surface area (Å²) in [5.74, 6) is -2.49. The quantitative estimate of drug-likeness (QED) is 0.606. The molecule has 0 heterocycles. The molecule has 0 radical (unpaired) electrons. The maximum absolute atomic E-state index is 12.1. The van der Waals surface area contributed by atoms with Crippen LogP contribution in [0.4, 0.5) is 0 Å². The van der Waals surface area contributed by atoms with Gasteiger partial charge in [0, 0.05) is 5.57 Å². The van der Waals surface area contributed by atoms with Crippen LogP contribution in [0.1, 0.15) is 31.4 Å². The van der Waals surface area contributed by atoms with E-state index in [4.69, 9.17) is 0 Å². The Labute approximate surface area is 146 Å². The molecule has 0 saturated heterocycles. The monoisotopic (exact) mass is 336 g/mol. The highest BCUT2D eigenvalue weighted by Gasteiger charge is 2.27. The minimum Gasteiger partial charge on any atom is -0.478 e. The van der Waals surface area contributed by atoms with Crippen molar-refractivity contribution >= 4 is 17.5 Å². The molecular weight excluding hydrogens is 316 g/mol. The molecule has 0 atom stereocenters. The number of benzene rings is 2. The van der Waals surface area contributed by atoms with Crippen molar-refractivity contribution in [2.75, 3.05) is 0 Å². The fourth-order valence-corrected chi connectivity index (χ4v) is 2.68. The van der Waals surface area contributed by atoms with Crippen molar-refractivity contribution in [1.29, 1.82) is 0 Å². The van der Waals surface area contributed by atoms with Crippen LogP contribution in [0.3, 0.4) is 0 Å². The lowest BCUT2D eigenvalue weighted by Crippen LogP contribution is -2.16. The normalized spacial score (nSPS) is 11.4. The molecule has 4 heteroatoms. The van der Waals surface area contributed by atoms with Crippen LogP contribution in [0.15, 0.2) is 77.4 Å². The second kappa shape index (κ2) is 8.11. The molecule has 0 saturated carbocycles. The van der Waals surface area contributed by atoms with Gasteiger partial charge in [-0.25, -0.2) is 9.59 Å². The van der Waals surface area contributed by atoms with Crippen molar-refractivity contribution in [3.63, 3.8) is 0 Å². The molecule has 0 aliphatic rings. The fourth-order valence-electron chi connectivity index (χ4n) is 2.68. The van der Waals surface area contributed by atoms with Gasteiger partial charge in [-0.3, -0.25) is 0 Å². The summed E-state index contributed by atoms with van der Waals surface area (Å²) in [6.07, 6.45) is 0.454. The zero-order chi connectivity index (χ0) is 18.4. The van der Waals surface area contributed by atoms with Gasteiger partial charge in [0.1, 0.15) is 0 Å². The molecule has 2 aromatic carbocycles. The van der Waals surface area contributed by atoms with Crippen LogP contribution >= 0.6 is 0 Å². The van der Waals surface area contributed by atoms with Gasteiger partial charge in [0.15, 0.2) is 0 Å². The maximum atomic E-state index is 12.1. The van der Waals surface area contributed by atoms with Crippen LogP contribution in [-0.4, -0.2) is 22.2 Å². The number of carboxylic acids is 2. The molecular formula is C21H20O4. The molecule has 2 aromatic rings. The SMILES string of the molecule is CCC(C)=C(C(=O)O)C(C(=O)O)=C(c1ccccc1)c1ccccc1. The van der Waals surface area contributed by atoms with E-state index in [9.17, 15) is 19.8 Å². The Kier molecular flexibility index (Phi) is 5.90. The van der Waals surface area contributed by atoms with Crippen LogP contribution in [0.5, 0.6) is 0 Å². The third kappa shape index (κ3) is 4.04. The molecule has 2 rings (SSSR count). The summed E-state index contributed by atoms with van der Waals surface area (Å²) in [5, 5.41) is 19.6. The number of rotatable bonds is 6. The van der Waals surface area contributed by atoms with Gasteiger partial charge in [0.25, 0.3) is 0 Å². The van der Waals surface area contributed by atoms with Crippen LogP contribution in [0.2, 0.25) is 0 Å². The van der Waals surface area contributed by atoms with Gasteiger partial charge in [-0.2, -0.15) is 0 Å². The van der Waals surface area contributed by atoms with Crippen molar-refractivity contribution in [2.45, 2.75) is 20.3 Å². The average Bonchev–Trinajstić information content (AvgIpc) is 2.62. The third-order valence-electron chi connectivity index (χ3n) is 4.01. The Morgan fingerprint density at radius 3 is 1.48 bits per heavy atom. The molecule has 25 heavy (non-hydrogen) atoms. The molecule has 0 bridgehead atoms. The van der Waals surface area contributed by atoms with E-state index in [1.54, 1.807) is 55.5 Å². The largest absolute Gasteiger partial charge is 0.478 e. The van der Waals surface area contributed by atoms with Crippen LogP contribution in [0.25, 0.3) is 5.57 Å². The lowest BCUT2D eigenvalue weighted by atomic mass is 9.87. The Bertz CT molecular complexity index is 789. The molecule has 0 amide bonds. The molecule has 128 valence electrons. The van der Waals surface area contributed by atoms with Gasteiger partial charge < -0.3 is 10.2 Å². The predicted molar refractivity (Wildman–Crippen MR) is 97.2 cm³/mol. The van der Waals surface area contributed by atoms with Gasteiger partial charge in [-0.15, -0.1) is 0 Å². The molecule has 0 spiro atoms. The minimum absolute atomic E-state index is 0.155. The molecule has 0 aromatic heterocycles. The van der Waals surface area contributed by atoms with E-state index < -0.39 is 11.9 Å². The number of carbonyl (C=O) groups is 2. The van der Waals surface area contributed by atoms with E-state index >= 15 is 0 Å². The van der Waals surface area contributed by atoms with E-state index in [2.05, 4.69) is 0 Å². The van der Waals surface area contributed by atoms with Crippen molar-refractivity contribution in [1.82, 2.24) is 0 Å². The number of aliphatic carboxylic acids is 2. The Morgan fingerprint density at radius 1 is 0.760 bits per heavy atom. The zero-order valence-corrected chi connectivity index (χ0v) is 14.2. The van der Waals surface area contributed by atoms with Gasteiger partial charge >= 0.3 is 11.9 Å². The van der Waals surface area contributed by atoms with E-state index in [0.717, 1.165) is 0 Å². The molecule has 0 unspecified atom stereocenters. The Hall–Kier alpha value is -3.14. The number of carboxylic acid groups (broad SMARTS) is 2. The summed E-state index contributed by atoms with van der Waals surface area (Å²) >= 11 is 0. The van der Waals surface area contributed by atoms with Gasteiger partial charge in [0.05, 0.1) is 11.1 Å². The first-order chi connectivity index (χ1) is 12.0. The smallest absolute Gasteiger partial charge is 0.337 e. The van der Waals surface area contributed by atoms with E-state index in [0.29, 0.717) is 28.7 Å². The second-order valence-electron chi connectivity index (χ2n) is 5.60. The van der Waals surface area contributed by atoms with Crippen LogP contribution in [0, 0.1) is 0 Å². The summed E-state index contributed by atoms with van der Waals surface area (Å²) in [6, 6.07) is 18.0. The lowest BCUT2D eigenvalue weighted by Gasteiger charge is -2.16. The first-order valence-corrected chi connectivity index (χ1v) is 7.99. The van der Waals surface area contributed by atoms with E-state index in [1.165, 1.54) is 0 Å². The summed E-state index contributed by atoms with van der Waals surface area (Å²) in [4.78, 5) is 24.0. The molecule has 0 fully saturated rings. The fraction of sp³-hybridized carbons (Fsp3) is 0.143. The highest BCUT2D eigenvalue weighted by atomic mass is 16.4. The third-order valence-corrected chi connectivity index (χ3v) is 4.01. The predicted octanol–water partition coefficient (Wildman–Crippen LogP) is 4.38. The van der Waals surface area contributed by atoms with E-state index in [1.807, 2.05) is 19.1 Å². The van der Waals surface area contributed by atoms with Crippen molar-refractivity contribution < 1.29 is 19.8 Å². The average molecular weight is 336 g/mol. The lowest BCUT2D eigenvalue weighted by molar-refractivity contribution is -0.136. The summed E-state index contributed by atoms with van der Waals surface area (Å²) in [5.41, 5.74) is 1.90. The van der Waals surface area contributed by atoms with Crippen LogP contribution in [-0.2, 0) is 9.59 Å². The van der Waals surface area contributed by atoms with E-state index in [-0.39, 0.29) is 11.1 Å². The van der Waals surface area contributed by atoms with Gasteiger partial charge in [-0.1, -0.05) is 73.2 Å². The molecule has 2 N–H and O–H groups in total. The van der Waals surface area contributed by atoms with Crippen LogP contribution < -0.4 is 0 Å². The number of hydrogen-bond donors (Lipinski definition) is 2. The summed E-state index contributed by atoms with van der Waals surface area (Å²) in [7, 11) is 0. The molecule has 0 aliphatic heterocycles. The second-order valence-corrected chi connectivity index (χ2v) is 5.60. The molecule has 0 aliphatic carbocycles. The van der Waals surface area contributed by atoms with Crippen molar-refractivity contribution in [3.05, 3.63) is 88.5 Å². The minimum atomic E-state index is -1.26. The standard InChI is InChI=1S/C21H20O4/c1-3-14(2)17(20(22)23)19(21(24)25)18(15-10-6-4-7-11-15)16-12-8-5-9-13-16/h4-13H,3H2,1-2H3,(H,22,23)(H,24,25). The number of hydrogen-bond acceptors (Lipinski definition) is 2. The van der Waals surface area contributed by atoms with Gasteiger partial charge in [-0.05, 0) is 24.5 Å². The first kappa shape index (κ1) is 18.2. The van der Waals surface area contributed by atoms with Gasteiger partial charge in [0.2, 0.25) is 0 Å².